The second-order valence-corrected chi connectivity index (χ2v) is 6.36. The first kappa shape index (κ1) is 20.0. The summed E-state index contributed by atoms with van der Waals surface area (Å²) in [6.07, 6.45) is 2.50. The van der Waals surface area contributed by atoms with Gasteiger partial charge in [-0.15, -0.1) is 0 Å². The number of aromatic nitrogens is 1. The van der Waals surface area contributed by atoms with Crippen LogP contribution in [0, 0.1) is 17.3 Å². The Morgan fingerprint density at radius 3 is 2.41 bits per heavy atom. The van der Waals surface area contributed by atoms with Gasteiger partial charge in [-0.05, 0) is 42.5 Å². The predicted molar refractivity (Wildman–Crippen MR) is 104 cm³/mol. The Bertz CT molecular complexity index is 974. The lowest BCUT2D eigenvalue weighted by atomic mass is 10.1. The number of ether oxygens (including phenoxy) is 1. The smallest absolute Gasteiger partial charge is 0.246 e. The van der Waals surface area contributed by atoms with Crippen LogP contribution in [0.3, 0.4) is 0 Å². The standard InChI is InChI=1S/C21H19FN4O3/c1-29-17-5-2-15(3-6-17)18(27)7-9-20(28)25-10-12-26(13-11-25)21-16(14-23)4-8-19(22)24-21/h2-9H,10-13H2,1H3/b9-7+. The zero-order valence-electron chi connectivity index (χ0n) is 15.8. The molecule has 148 valence electrons. The summed E-state index contributed by atoms with van der Waals surface area (Å²) >= 11 is 0. The third-order valence-corrected chi connectivity index (χ3v) is 4.60. The largest absolute Gasteiger partial charge is 0.497 e. The molecule has 1 aliphatic rings. The second-order valence-electron chi connectivity index (χ2n) is 6.36. The zero-order valence-corrected chi connectivity index (χ0v) is 15.8. The molecule has 7 nitrogen and oxygen atoms in total. The maximum Gasteiger partial charge on any atom is 0.246 e. The van der Waals surface area contributed by atoms with E-state index in [0.29, 0.717) is 37.5 Å². The third kappa shape index (κ3) is 4.76. The summed E-state index contributed by atoms with van der Waals surface area (Å²) in [5.41, 5.74) is 0.747. The Hall–Kier alpha value is -3.73. The van der Waals surface area contributed by atoms with E-state index in [9.17, 15) is 19.2 Å². The van der Waals surface area contributed by atoms with Gasteiger partial charge in [-0.1, -0.05) is 0 Å². The average molecular weight is 394 g/mol. The van der Waals surface area contributed by atoms with Crippen LogP contribution in [-0.2, 0) is 4.79 Å². The molecule has 1 aromatic carbocycles. The molecular formula is C21H19FN4O3. The molecule has 0 unspecified atom stereocenters. The molecule has 2 aromatic rings. The van der Waals surface area contributed by atoms with Crippen LogP contribution >= 0.6 is 0 Å². The van der Waals surface area contributed by atoms with Gasteiger partial charge in [0, 0.05) is 37.8 Å². The molecule has 3 rings (SSSR count). The highest BCUT2D eigenvalue weighted by molar-refractivity contribution is 6.07. The van der Waals surface area contributed by atoms with Gasteiger partial charge in [0.05, 0.1) is 12.7 Å². The number of benzene rings is 1. The summed E-state index contributed by atoms with van der Waals surface area (Å²) in [4.78, 5) is 31.7. The highest BCUT2D eigenvalue weighted by atomic mass is 19.1. The molecule has 1 amide bonds. The first-order chi connectivity index (χ1) is 14.0. The van der Waals surface area contributed by atoms with Crippen LogP contribution < -0.4 is 9.64 Å². The maximum atomic E-state index is 13.4. The number of allylic oxidation sites excluding steroid dienone is 1. The Morgan fingerprint density at radius 2 is 1.79 bits per heavy atom. The Kier molecular flexibility index (Phi) is 6.19. The fourth-order valence-electron chi connectivity index (χ4n) is 3.00. The molecule has 0 N–H and O–H groups in total. The van der Waals surface area contributed by atoms with Gasteiger partial charge in [0.15, 0.2) is 5.78 Å². The second kappa shape index (κ2) is 8.97. The van der Waals surface area contributed by atoms with Crippen molar-refractivity contribution in [2.24, 2.45) is 0 Å². The van der Waals surface area contributed by atoms with Gasteiger partial charge in [0.1, 0.15) is 17.6 Å². The van der Waals surface area contributed by atoms with Gasteiger partial charge in [-0.25, -0.2) is 4.98 Å². The number of hydrogen-bond acceptors (Lipinski definition) is 6. The number of pyridine rings is 1. The number of ketones is 1. The third-order valence-electron chi connectivity index (χ3n) is 4.60. The minimum Gasteiger partial charge on any atom is -0.497 e. The Labute approximate surface area is 167 Å². The van der Waals surface area contributed by atoms with Crippen molar-refractivity contribution in [2.45, 2.75) is 0 Å². The van der Waals surface area contributed by atoms with Crippen LogP contribution in [-0.4, -0.2) is 54.9 Å². The van der Waals surface area contributed by atoms with E-state index >= 15 is 0 Å². The molecule has 0 spiro atoms. The first-order valence-corrected chi connectivity index (χ1v) is 8.99. The maximum absolute atomic E-state index is 13.4. The van der Waals surface area contributed by atoms with Crippen LogP contribution in [0.5, 0.6) is 5.75 Å². The van der Waals surface area contributed by atoms with Crippen molar-refractivity contribution in [1.82, 2.24) is 9.88 Å². The van der Waals surface area contributed by atoms with Crippen LogP contribution in [0.25, 0.3) is 0 Å². The summed E-state index contributed by atoms with van der Waals surface area (Å²) < 4.78 is 18.5. The summed E-state index contributed by atoms with van der Waals surface area (Å²) in [6, 6.07) is 11.2. The van der Waals surface area contributed by atoms with E-state index in [1.807, 2.05) is 6.07 Å². The van der Waals surface area contributed by atoms with Gasteiger partial charge in [-0.3, -0.25) is 9.59 Å². The number of methoxy groups -OCH3 is 1. The molecule has 1 aromatic heterocycles. The molecule has 8 heteroatoms. The predicted octanol–water partition coefficient (Wildman–Crippen LogP) is 2.19. The van der Waals surface area contributed by atoms with E-state index < -0.39 is 5.95 Å². The quantitative estimate of drug-likeness (QED) is 0.439. The van der Waals surface area contributed by atoms with Crippen molar-refractivity contribution in [3.05, 3.63) is 65.6 Å². The summed E-state index contributed by atoms with van der Waals surface area (Å²) in [5, 5.41) is 9.17. The van der Waals surface area contributed by atoms with Gasteiger partial charge >= 0.3 is 0 Å². The summed E-state index contributed by atoms with van der Waals surface area (Å²) in [5.74, 6) is -0.282. The number of hydrogen-bond donors (Lipinski definition) is 0. The van der Waals surface area contributed by atoms with Crippen molar-refractivity contribution in [2.75, 3.05) is 38.2 Å². The number of carbonyl (C=O) groups excluding carboxylic acids is 2. The van der Waals surface area contributed by atoms with Gasteiger partial charge in [-0.2, -0.15) is 9.65 Å². The zero-order chi connectivity index (χ0) is 20.8. The number of anilines is 1. The molecule has 1 aliphatic heterocycles. The van der Waals surface area contributed by atoms with E-state index in [4.69, 9.17) is 4.74 Å². The van der Waals surface area contributed by atoms with Crippen LogP contribution in [0.1, 0.15) is 15.9 Å². The SMILES string of the molecule is COc1ccc(C(=O)/C=C/C(=O)N2CCN(c3nc(F)ccc3C#N)CC2)cc1. The molecule has 0 saturated carbocycles. The van der Waals surface area contributed by atoms with Crippen molar-refractivity contribution in [3.63, 3.8) is 0 Å². The number of halogens is 1. The number of nitriles is 1. The van der Waals surface area contributed by atoms with Gasteiger partial charge < -0.3 is 14.5 Å². The van der Waals surface area contributed by atoms with E-state index in [0.717, 1.165) is 6.07 Å². The van der Waals surface area contributed by atoms with Crippen LogP contribution in [0.15, 0.2) is 48.6 Å². The minimum absolute atomic E-state index is 0.276. The van der Waals surface area contributed by atoms with Crippen molar-refractivity contribution in [1.29, 1.82) is 5.26 Å². The first-order valence-electron chi connectivity index (χ1n) is 8.99. The number of amides is 1. The van der Waals surface area contributed by atoms with E-state index in [-0.39, 0.29) is 23.1 Å². The highest BCUT2D eigenvalue weighted by Crippen LogP contribution is 2.19. The number of piperazine rings is 1. The summed E-state index contributed by atoms with van der Waals surface area (Å²) in [6.45, 7) is 1.58. The monoisotopic (exact) mass is 394 g/mol. The lowest BCUT2D eigenvalue weighted by Crippen LogP contribution is -2.48. The highest BCUT2D eigenvalue weighted by Gasteiger charge is 2.23. The lowest BCUT2D eigenvalue weighted by molar-refractivity contribution is -0.126. The van der Waals surface area contributed by atoms with Crippen LogP contribution in [0.2, 0.25) is 0 Å². The molecule has 29 heavy (non-hydrogen) atoms. The molecule has 0 bridgehead atoms. The molecule has 0 aliphatic carbocycles. The molecular weight excluding hydrogens is 375 g/mol. The average Bonchev–Trinajstić information content (AvgIpc) is 2.77. The van der Waals surface area contributed by atoms with Crippen LogP contribution in [0.4, 0.5) is 10.2 Å². The topological polar surface area (TPSA) is 86.5 Å². The van der Waals surface area contributed by atoms with Crippen molar-refractivity contribution < 1.29 is 18.7 Å². The van der Waals surface area contributed by atoms with Gasteiger partial charge in [0.25, 0.3) is 0 Å². The van der Waals surface area contributed by atoms with Crippen molar-refractivity contribution in [3.8, 4) is 11.8 Å². The van der Waals surface area contributed by atoms with Gasteiger partial charge in [0.2, 0.25) is 11.9 Å². The normalized spacial score (nSPS) is 14.0. The molecule has 2 heterocycles. The molecule has 0 radical (unpaired) electrons. The van der Waals surface area contributed by atoms with E-state index in [1.165, 1.54) is 18.2 Å². The Morgan fingerprint density at radius 1 is 1.10 bits per heavy atom. The minimum atomic E-state index is -0.655. The Balaban J connectivity index is 1.58. The van der Waals surface area contributed by atoms with Crippen molar-refractivity contribution >= 4 is 17.5 Å². The lowest BCUT2D eigenvalue weighted by Gasteiger charge is -2.35. The fraction of sp³-hybridized carbons (Fsp3) is 0.238. The van der Waals surface area contributed by atoms with E-state index in [1.54, 1.807) is 41.2 Å². The number of rotatable bonds is 5. The fourth-order valence-corrected chi connectivity index (χ4v) is 3.00. The molecule has 0 atom stereocenters. The summed E-state index contributed by atoms with van der Waals surface area (Å²) in [7, 11) is 1.54. The molecule has 1 saturated heterocycles. The molecule has 1 fully saturated rings. The number of nitrogens with zero attached hydrogens (tertiary/aromatic N) is 4. The number of carbonyl (C=O) groups is 2. The van der Waals surface area contributed by atoms with E-state index in [2.05, 4.69) is 4.98 Å².